The first kappa shape index (κ1) is 28.2. The number of carbonyl (C=O) groups is 1. The molecule has 0 N–H and O–H groups in total. The third kappa shape index (κ3) is 10.6. The monoisotopic (exact) mass is 464 g/mol. The molecule has 2 heterocycles. The van der Waals surface area contributed by atoms with Crippen molar-refractivity contribution in [2.75, 3.05) is 19.7 Å². The molecule has 0 radical (unpaired) electrons. The highest BCUT2D eigenvalue weighted by Gasteiger charge is 2.30. The molecule has 1 atom stereocenters. The Hall–Kier alpha value is -1.85. The topological polar surface area (TPSA) is 51.7 Å². The Morgan fingerprint density at radius 1 is 1.31 bits per heavy atom. The van der Waals surface area contributed by atoms with Gasteiger partial charge in [0.1, 0.15) is 5.60 Å². The Balaban J connectivity index is 0.00000249. The summed E-state index contributed by atoms with van der Waals surface area (Å²) in [6.07, 6.45) is 8.44. The van der Waals surface area contributed by atoms with E-state index in [1.54, 1.807) is 11.1 Å². The van der Waals surface area contributed by atoms with Gasteiger partial charge < -0.3 is 14.4 Å². The van der Waals surface area contributed by atoms with E-state index in [-0.39, 0.29) is 12.2 Å². The minimum atomic E-state index is -0.462. The maximum atomic E-state index is 12.1. The number of likely N-dealkylation sites (tertiary alicyclic amines) is 1. The van der Waals surface area contributed by atoms with Crippen LogP contribution in [0.4, 0.5) is 4.79 Å². The van der Waals surface area contributed by atoms with Crippen molar-refractivity contribution >= 4 is 22.7 Å². The Kier molecular flexibility index (Phi) is 12.6. The Labute approximate surface area is 199 Å². The van der Waals surface area contributed by atoms with E-state index in [1.807, 2.05) is 59.8 Å². The lowest BCUT2D eigenvalue weighted by Crippen LogP contribution is -2.36. The van der Waals surface area contributed by atoms with Crippen LogP contribution < -0.4 is 0 Å². The molecule has 5 nitrogen and oxygen atoms in total. The van der Waals surface area contributed by atoms with E-state index in [0.29, 0.717) is 24.7 Å². The number of hydrogen-bond acceptors (Lipinski definition) is 4. The van der Waals surface area contributed by atoms with Crippen LogP contribution >= 0.6 is 11.6 Å². The first-order valence-corrected chi connectivity index (χ1v) is 12.1. The molecule has 0 aromatic carbocycles. The third-order valence-corrected chi connectivity index (χ3v) is 5.20. The molecule has 1 fully saturated rings. The molecular weight excluding hydrogens is 424 g/mol. The molecule has 0 aliphatic carbocycles. The summed E-state index contributed by atoms with van der Waals surface area (Å²) in [6, 6.07) is 3.86. The molecule has 32 heavy (non-hydrogen) atoms. The molecule has 0 saturated carbocycles. The van der Waals surface area contributed by atoms with Gasteiger partial charge in [-0.25, -0.2) is 4.79 Å². The van der Waals surface area contributed by atoms with Crippen LogP contribution in [0.5, 0.6) is 0 Å². The zero-order chi connectivity index (χ0) is 24.1. The molecule has 1 saturated heterocycles. The molecular formula is C26H41ClN2O3. The fraction of sp³-hybridized carbons (Fsp3) is 0.615. The first-order chi connectivity index (χ1) is 15.2. The number of pyridine rings is 1. The molecule has 0 bridgehead atoms. The highest BCUT2D eigenvalue weighted by atomic mass is 35.5. The van der Waals surface area contributed by atoms with Gasteiger partial charge in [0.25, 0.3) is 0 Å². The number of hydrogen-bond donors (Lipinski definition) is 0. The number of aromatic nitrogens is 1. The van der Waals surface area contributed by atoms with Crippen LogP contribution in [0.1, 0.15) is 78.0 Å². The Bertz CT molecular complexity index is 756. The second kappa shape index (κ2) is 14.3. The standard InChI is InChI=1S/C24H35ClN2O3.C2H6/c1-18(16-22(25)21-11-9-13-26-19(21)2)10-7-6-8-15-29-20-12-14-27(17-20)23(28)30-24(3,4)5;1-2/h9,11,13,16,20H,1,6-8,10,12,14-15,17H2,2-5H3;1-2H3/b22-16+;. The summed E-state index contributed by atoms with van der Waals surface area (Å²) in [6.45, 7) is 17.7. The lowest BCUT2D eigenvalue weighted by Gasteiger charge is -2.24. The summed E-state index contributed by atoms with van der Waals surface area (Å²) >= 11 is 6.41. The number of aryl methyl sites for hydroxylation is 1. The average Bonchev–Trinajstić information content (AvgIpc) is 3.20. The molecule has 180 valence electrons. The van der Waals surface area contributed by atoms with Crippen molar-refractivity contribution in [3.8, 4) is 0 Å². The van der Waals surface area contributed by atoms with Crippen LogP contribution in [0.25, 0.3) is 5.03 Å². The lowest BCUT2D eigenvalue weighted by atomic mass is 10.1. The van der Waals surface area contributed by atoms with Gasteiger partial charge in [0.2, 0.25) is 0 Å². The average molecular weight is 465 g/mol. The van der Waals surface area contributed by atoms with Crippen molar-refractivity contribution in [3.05, 3.63) is 47.8 Å². The van der Waals surface area contributed by atoms with Gasteiger partial charge in [0.15, 0.2) is 0 Å². The van der Waals surface area contributed by atoms with Crippen molar-refractivity contribution in [3.63, 3.8) is 0 Å². The molecule has 2 rings (SSSR count). The molecule has 1 amide bonds. The van der Waals surface area contributed by atoms with Gasteiger partial charge in [-0.05, 0) is 65.5 Å². The fourth-order valence-electron chi connectivity index (χ4n) is 3.30. The molecule has 1 aromatic heterocycles. The highest BCUT2D eigenvalue weighted by molar-refractivity contribution is 6.49. The summed E-state index contributed by atoms with van der Waals surface area (Å²) in [5, 5.41) is 0.685. The molecule has 0 spiro atoms. The van der Waals surface area contributed by atoms with E-state index in [1.165, 1.54) is 0 Å². The molecule has 1 aliphatic rings. The second-order valence-electron chi connectivity index (χ2n) is 8.81. The largest absolute Gasteiger partial charge is 0.444 e. The van der Waals surface area contributed by atoms with Gasteiger partial charge in [-0.15, -0.1) is 0 Å². The third-order valence-electron chi connectivity index (χ3n) is 4.89. The first-order valence-electron chi connectivity index (χ1n) is 11.7. The predicted octanol–water partition coefficient (Wildman–Crippen LogP) is 7.14. The fourth-order valence-corrected chi connectivity index (χ4v) is 3.66. The maximum absolute atomic E-state index is 12.1. The number of ether oxygens (including phenoxy) is 2. The van der Waals surface area contributed by atoms with Crippen LogP contribution in [0, 0.1) is 6.92 Å². The summed E-state index contributed by atoms with van der Waals surface area (Å²) in [5.41, 5.74) is 2.43. The van der Waals surface area contributed by atoms with Crippen molar-refractivity contribution in [1.29, 1.82) is 0 Å². The minimum absolute atomic E-state index is 0.108. The van der Waals surface area contributed by atoms with Crippen LogP contribution in [0.15, 0.2) is 36.6 Å². The van der Waals surface area contributed by atoms with E-state index in [4.69, 9.17) is 21.1 Å². The van der Waals surface area contributed by atoms with Gasteiger partial charge in [-0.1, -0.05) is 50.1 Å². The number of allylic oxidation sites excluding steroid dienone is 2. The van der Waals surface area contributed by atoms with E-state index in [9.17, 15) is 4.79 Å². The van der Waals surface area contributed by atoms with Gasteiger partial charge in [-0.3, -0.25) is 4.98 Å². The van der Waals surface area contributed by atoms with Gasteiger partial charge in [-0.2, -0.15) is 0 Å². The van der Waals surface area contributed by atoms with Crippen LogP contribution in [-0.4, -0.2) is 47.4 Å². The van der Waals surface area contributed by atoms with Crippen molar-refractivity contribution in [1.82, 2.24) is 9.88 Å². The lowest BCUT2D eigenvalue weighted by molar-refractivity contribution is 0.0206. The summed E-state index contributed by atoms with van der Waals surface area (Å²) in [4.78, 5) is 18.1. The van der Waals surface area contributed by atoms with Gasteiger partial charge >= 0.3 is 6.09 Å². The Morgan fingerprint density at radius 2 is 2.03 bits per heavy atom. The number of amides is 1. The second-order valence-corrected chi connectivity index (χ2v) is 9.21. The van der Waals surface area contributed by atoms with Crippen molar-refractivity contribution in [2.45, 2.75) is 85.4 Å². The van der Waals surface area contributed by atoms with E-state index < -0.39 is 5.60 Å². The number of carbonyl (C=O) groups excluding carboxylic acids is 1. The van der Waals surface area contributed by atoms with Crippen LogP contribution in [-0.2, 0) is 9.47 Å². The minimum Gasteiger partial charge on any atom is -0.444 e. The summed E-state index contributed by atoms with van der Waals surface area (Å²) < 4.78 is 11.4. The van der Waals surface area contributed by atoms with Crippen LogP contribution in [0.2, 0.25) is 0 Å². The van der Waals surface area contributed by atoms with Crippen molar-refractivity contribution < 1.29 is 14.3 Å². The van der Waals surface area contributed by atoms with E-state index in [0.717, 1.165) is 48.9 Å². The number of halogens is 1. The normalized spacial score (nSPS) is 16.4. The SMILES string of the molecule is C=C(/C=C(/Cl)c1cccnc1C)CCCCCOC1CCN(C(=O)OC(C)(C)C)C1.CC. The highest BCUT2D eigenvalue weighted by Crippen LogP contribution is 2.24. The van der Waals surface area contributed by atoms with Gasteiger partial charge in [0.05, 0.1) is 12.6 Å². The predicted molar refractivity (Wildman–Crippen MR) is 134 cm³/mol. The summed E-state index contributed by atoms with van der Waals surface area (Å²) in [5.74, 6) is 0. The number of unbranched alkanes of at least 4 members (excludes halogenated alkanes) is 2. The zero-order valence-electron chi connectivity index (χ0n) is 20.7. The zero-order valence-corrected chi connectivity index (χ0v) is 21.5. The molecule has 1 aliphatic heterocycles. The van der Waals surface area contributed by atoms with Gasteiger partial charge in [0, 0.05) is 35.6 Å². The molecule has 6 heteroatoms. The smallest absolute Gasteiger partial charge is 0.410 e. The Morgan fingerprint density at radius 3 is 2.69 bits per heavy atom. The van der Waals surface area contributed by atoms with Crippen molar-refractivity contribution in [2.24, 2.45) is 0 Å². The van der Waals surface area contributed by atoms with E-state index in [2.05, 4.69) is 11.6 Å². The van der Waals surface area contributed by atoms with Crippen LogP contribution in [0.3, 0.4) is 0 Å². The molecule has 1 unspecified atom stereocenters. The number of rotatable bonds is 9. The molecule has 1 aromatic rings. The maximum Gasteiger partial charge on any atom is 0.410 e. The van der Waals surface area contributed by atoms with E-state index >= 15 is 0 Å². The number of nitrogens with zero attached hydrogens (tertiary/aromatic N) is 2. The summed E-state index contributed by atoms with van der Waals surface area (Å²) in [7, 11) is 0. The quantitative estimate of drug-likeness (QED) is 0.288.